The maximum Gasteiger partial charge on any atom is 0.103 e. The highest BCUT2D eigenvalue weighted by Crippen LogP contribution is 2.25. The number of para-hydroxylation sites is 1. The zero-order valence-electron chi connectivity index (χ0n) is 11.2. The Hall–Kier alpha value is -2.16. The van der Waals surface area contributed by atoms with Crippen LogP contribution in [-0.2, 0) is 4.74 Å². The fourth-order valence-electron chi connectivity index (χ4n) is 1.97. The zero-order chi connectivity index (χ0) is 14.2. The number of aliphatic hydroxyl groups is 1. The van der Waals surface area contributed by atoms with Gasteiger partial charge in [0.15, 0.2) is 0 Å². The smallest absolute Gasteiger partial charge is 0.103 e. The van der Waals surface area contributed by atoms with Gasteiger partial charge in [-0.2, -0.15) is 5.26 Å². The summed E-state index contributed by atoms with van der Waals surface area (Å²) in [6.45, 7) is 1.69. The third-order valence-electron chi connectivity index (χ3n) is 2.90. The van der Waals surface area contributed by atoms with Crippen LogP contribution in [0.1, 0.15) is 12.0 Å². The molecular formula is C15H17N3O2. The number of ether oxygens (including phenoxy) is 1. The first-order valence-electron chi connectivity index (χ1n) is 6.57. The number of benzene rings is 1. The number of nitrogens with zero attached hydrogens (tertiary/aromatic N) is 2. The number of hydrogen-bond acceptors (Lipinski definition) is 5. The lowest BCUT2D eigenvalue weighted by Crippen LogP contribution is -2.09. The topological polar surface area (TPSA) is 78.2 Å². The van der Waals surface area contributed by atoms with E-state index in [1.165, 1.54) is 0 Å². The molecule has 1 heterocycles. The van der Waals surface area contributed by atoms with Crippen LogP contribution in [-0.4, -0.2) is 36.5 Å². The van der Waals surface area contributed by atoms with Gasteiger partial charge in [-0.25, -0.2) is 0 Å². The lowest BCUT2D eigenvalue weighted by Gasteiger charge is -2.11. The lowest BCUT2D eigenvalue weighted by atomic mass is 10.1. The Kier molecular flexibility index (Phi) is 5.30. The van der Waals surface area contributed by atoms with Gasteiger partial charge in [0, 0.05) is 24.7 Å². The van der Waals surface area contributed by atoms with Gasteiger partial charge >= 0.3 is 0 Å². The molecule has 0 amide bonds. The zero-order valence-corrected chi connectivity index (χ0v) is 11.2. The van der Waals surface area contributed by atoms with Crippen LogP contribution in [0.2, 0.25) is 0 Å². The molecule has 104 valence electrons. The molecule has 0 atom stereocenters. The fourth-order valence-corrected chi connectivity index (χ4v) is 1.97. The molecule has 5 nitrogen and oxygen atoms in total. The molecule has 1 aromatic heterocycles. The van der Waals surface area contributed by atoms with E-state index in [1.54, 1.807) is 6.20 Å². The normalized spacial score (nSPS) is 10.4. The third kappa shape index (κ3) is 3.44. The van der Waals surface area contributed by atoms with E-state index in [4.69, 9.17) is 15.1 Å². The highest BCUT2D eigenvalue weighted by molar-refractivity contribution is 5.93. The summed E-state index contributed by atoms with van der Waals surface area (Å²) in [6, 6.07) is 9.89. The molecule has 0 aliphatic rings. The number of pyridine rings is 1. The second-order valence-corrected chi connectivity index (χ2v) is 4.29. The molecule has 20 heavy (non-hydrogen) atoms. The number of aromatic nitrogens is 1. The Bertz CT molecular complexity index is 608. The van der Waals surface area contributed by atoms with Crippen LogP contribution in [0, 0.1) is 11.3 Å². The first-order valence-corrected chi connectivity index (χ1v) is 6.57. The average molecular weight is 271 g/mol. The van der Waals surface area contributed by atoms with Gasteiger partial charge in [-0.1, -0.05) is 18.2 Å². The molecule has 2 rings (SSSR count). The van der Waals surface area contributed by atoms with E-state index < -0.39 is 0 Å². The van der Waals surface area contributed by atoms with Crippen molar-refractivity contribution in [1.29, 1.82) is 5.26 Å². The lowest BCUT2D eigenvalue weighted by molar-refractivity contribution is 0.0922. The molecule has 1 aromatic carbocycles. The SMILES string of the molecule is N#Cc1cnc2ccccc2c1NCCCOCCO. The van der Waals surface area contributed by atoms with Gasteiger partial charge in [0.2, 0.25) is 0 Å². The van der Waals surface area contributed by atoms with Crippen molar-refractivity contribution in [2.75, 3.05) is 31.7 Å². The van der Waals surface area contributed by atoms with E-state index in [9.17, 15) is 0 Å². The molecule has 0 fully saturated rings. The molecular weight excluding hydrogens is 254 g/mol. The van der Waals surface area contributed by atoms with E-state index in [2.05, 4.69) is 16.4 Å². The minimum absolute atomic E-state index is 0.0427. The van der Waals surface area contributed by atoms with Crippen LogP contribution >= 0.6 is 0 Å². The van der Waals surface area contributed by atoms with Gasteiger partial charge < -0.3 is 15.2 Å². The summed E-state index contributed by atoms with van der Waals surface area (Å²) >= 11 is 0. The molecule has 0 saturated carbocycles. The van der Waals surface area contributed by atoms with Gasteiger partial charge in [0.25, 0.3) is 0 Å². The van der Waals surface area contributed by atoms with Crippen LogP contribution < -0.4 is 5.32 Å². The van der Waals surface area contributed by atoms with Crippen LogP contribution in [0.3, 0.4) is 0 Å². The van der Waals surface area contributed by atoms with Gasteiger partial charge in [-0.05, 0) is 12.5 Å². The van der Waals surface area contributed by atoms with Gasteiger partial charge in [0.05, 0.1) is 30.0 Å². The second kappa shape index (κ2) is 7.43. The Morgan fingerprint density at radius 2 is 2.15 bits per heavy atom. The Morgan fingerprint density at radius 1 is 1.30 bits per heavy atom. The number of nitriles is 1. The summed E-state index contributed by atoms with van der Waals surface area (Å²) in [7, 11) is 0. The van der Waals surface area contributed by atoms with Gasteiger partial charge in [-0.3, -0.25) is 4.98 Å². The van der Waals surface area contributed by atoms with Crippen molar-refractivity contribution in [1.82, 2.24) is 4.98 Å². The molecule has 0 aliphatic heterocycles. The van der Waals surface area contributed by atoms with Crippen molar-refractivity contribution in [2.45, 2.75) is 6.42 Å². The summed E-state index contributed by atoms with van der Waals surface area (Å²) in [4.78, 5) is 4.27. The standard InChI is InChI=1S/C15H17N3O2/c16-10-12-11-18-14-5-2-1-4-13(14)15(12)17-6-3-8-20-9-7-19/h1-2,4-5,11,19H,3,6-9H2,(H,17,18). The van der Waals surface area contributed by atoms with Crippen molar-refractivity contribution in [3.63, 3.8) is 0 Å². The Morgan fingerprint density at radius 3 is 2.95 bits per heavy atom. The summed E-state index contributed by atoms with van der Waals surface area (Å²) in [6.07, 6.45) is 2.40. The molecule has 0 aliphatic carbocycles. The van der Waals surface area contributed by atoms with Crippen molar-refractivity contribution >= 4 is 16.6 Å². The van der Waals surface area contributed by atoms with E-state index in [-0.39, 0.29) is 6.61 Å². The van der Waals surface area contributed by atoms with E-state index in [0.717, 1.165) is 23.0 Å². The maximum atomic E-state index is 9.17. The number of rotatable bonds is 7. The molecule has 2 aromatic rings. The Labute approximate surface area is 117 Å². The maximum absolute atomic E-state index is 9.17. The monoisotopic (exact) mass is 271 g/mol. The molecule has 0 unspecified atom stereocenters. The minimum atomic E-state index is 0.0427. The molecule has 0 radical (unpaired) electrons. The van der Waals surface area contributed by atoms with Crippen molar-refractivity contribution in [3.05, 3.63) is 36.0 Å². The van der Waals surface area contributed by atoms with E-state index in [0.29, 0.717) is 25.3 Å². The van der Waals surface area contributed by atoms with Crippen molar-refractivity contribution in [2.24, 2.45) is 0 Å². The number of aliphatic hydroxyl groups excluding tert-OH is 1. The molecule has 0 spiro atoms. The van der Waals surface area contributed by atoms with Crippen LogP contribution in [0.15, 0.2) is 30.5 Å². The molecule has 5 heteroatoms. The van der Waals surface area contributed by atoms with Gasteiger partial charge in [0.1, 0.15) is 6.07 Å². The van der Waals surface area contributed by atoms with Crippen LogP contribution in [0.5, 0.6) is 0 Å². The van der Waals surface area contributed by atoms with E-state index in [1.807, 2.05) is 24.3 Å². The number of hydrogen-bond donors (Lipinski definition) is 2. The number of anilines is 1. The van der Waals surface area contributed by atoms with E-state index >= 15 is 0 Å². The summed E-state index contributed by atoms with van der Waals surface area (Å²) in [5.74, 6) is 0. The average Bonchev–Trinajstić information content (AvgIpc) is 2.50. The second-order valence-electron chi connectivity index (χ2n) is 4.29. The van der Waals surface area contributed by atoms with Crippen LogP contribution in [0.4, 0.5) is 5.69 Å². The molecule has 0 saturated heterocycles. The van der Waals surface area contributed by atoms with Gasteiger partial charge in [-0.15, -0.1) is 0 Å². The van der Waals surface area contributed by atoms with Crippen LogP contribution in [0.25, 0.3) is 10.9 Å². The minimum Gasteiger partial charge on any atom is -0.394 e. The fraction of sp³-hybridized carbons (Fsp3) is 0.333. The number of fused-ring (bicyclic) bond motifs is 1. The molecule has 2 N–H and O–H groups in total. The van der Waals surface area contributed by atoms with Crippen molar-refractivity contribution in [3.8, 4) is 6.07 Å². The largest absolute Gasteiger partial charge is 0.394 e. The van der Waals surface area contributed by atoms with Crippen molar-refractivity contribution < 1.29 is 9.84 Å². The molecule has 0 bridgehead atoms. The summed E-state index contributed by atoms with van der Waals surface area (Å²) in [5, 5.41) is 22.0. The predicted octanol–water partition coefficient (Wildman–Crippen LogP) is 1.92. The Balaban J connectivity index is 2.06. The highest BCUT2D eigenvalue weighted by atomic mass is 16.5. The quantitative estimate of drug-likeness (QED) is 0.752. The summed E-state index contributed by atoms with van der Waals surface area (Å²) in [5.41, 5.74) is 2.23. The third-order valence-corrected chi connectivity index (χ3v) is 2.90. The highest BCUT2D eigenvalue weighted by Gasteiger charge is 2.07. The first-order chi connectivity index (χ1) is 9.86. The predicted molar refractivity (Wildman–Crippen MR) is 77.5 cm³/mol. The first kappa shape index (κ1) is 14.3. The summed E-state index contributed by atoms with van der Waals surface area (Å²) < 4.78 is 5.20. The number of nitrogens with one attached hydrogen (secondary N) is 1.